The minimum absolute atomic E-state index is 0.576. The Labute approximate surface area is 138 Å². The highest BCUT2D eigenvalue weighted by Crippen LogP contribution is 2.35. The molecule has 6 heteroatoms. The molecule has 0 radical (unpaired) electrons. The molecule has 0 spiro atoms. The Balaban J connectivity index is 1.79. The summed E-state index contributed by atoms with van der Waals surface area (Å²) < 4.78 is 10.8. The fraction of sp³-hybridized carbons (Fsp3) is 0.533. The summed E-state index contributed by atoms with van der Waals surface area (Å²) in [7, 11) is 3.37. The third-order valence-corrected chi connectivity index (χ3v) is 6.32. The second kappa shape index (κ2) is 6.48. The molecule has 3 rings (SSSR count). The van der Waals surface area contributed by atoms with Crippen molar-refractivity contribution in [2.45, 2.75) is 18.2 Å². The first-order valence-electron chi connectivity index (χ1n) is 7.01. The van der Waals surface area contributed by atoms with Crippen LogP contribution in [0.3, 0.4) is 0 Å². The standard InChI is InChI=1S/C15H19BrN2O2S/c1-19-13-5-10-3-4-18(9-11(10)6-14(13)20-2)15-17-8-12(7-16)21-15/h5-6,12H,3-4,7-9H2,1-2H3. The van der Waals surface area contributed by atoms with Crippen molar-refractivity contribution >= 4 is 32.9 Å². The number of alkyl halides is 1. The molecule has 0 N–H and O–H groups in total. The van der Waals surface area contributed by atoms with E-state index in [-0.39, 0.29) is 0 Å². The molecule has 4 nitrogen and oxygen atoms in total. The van der Waals surface area contributed by atoms with Crippen LogP contribution >= 0.6 is 27.7 Å². The summed E-state index contributed by atoms with van der Waals surface area (Å²) in [5.74, 6) is 1.62. The number of aliphatic imine (C=N–C) groups is 1. The van der Waals surface area contributed by atoms with E-state index in [1.807, 2.05) is 11.8 Å². The molecule has 0 saturated carbocycles. The van der Waals surface area contributed by atoms with Crippen LogP contribution in [0.25, 0.3) is 0 Å². The molecule has 1 aromatic rings. The zero-order chi connectivity index (χ0) is 14.8. The van der Waals surface area contributed by atoms with Crippen LogP contribution in [-0.2, 0) is 13.0 Å². The molecular formula is C15H19BrN2O2S. The summed E-state index contributed by atoms with van der Waals surface area (Å²) in [5.41, 5.74) is 2.66. The number of halogens is 1. The Bertz CT molecular complexity index is 565. The minimum Gasteiger partial charge on any atom is -0.493 e. The van der Waals surface area contributed by atoms with E-state index < -0.39 is 0 Å². The molecule has 0 saturated heterocycles. The number of amidine groups is 1. The van der Waals surface area contributed by atoms with Crippen molar-refractivity contribution in [2.75, 3.05) is 32.6 Å². The molecule has 1 unspecified atom stereocenters. The molecule has 0 amide bonds. The van der Waals surface area contributed by atoms with E-state index in [1.165, 1.54) is 16.3 Å². The SMILES string of the molecule is COc1cc2c(cc1OC)CN(C1=NCC(CBr)S1)CC2. The van der Waals surface area contributed by atoms with Crippen LogP contribution in [0, 0.1) is 0 Å². The lowest BCUT2D eigenvalue weighted by Crippen LogP contribution is -2.34. The third kappa shape index (κ3) is 3.01. The number of fused-ring (bicyclic) bond motifs is 1. The van der Waals surface area contributed by atoms with Crippen LogP contribution in [0.4, 0.5) is 0 Å². The largest absolute Gasteiger partial charge is 0.493 e. The third-order valence-electron chi connectivity index (χ3n) is 3.86. The van der Waals surface area contributed by atoms with E-state index in [2.05, 4.69) is 38.0 Å². The molecule has 2 aliphatic heterocycles. The van der Waals surface area contributed by atoms with Crippen LogP contribution in [0.2, 0.25) is 0 Å². The van der Waals surface area contributed by atoms with Gasteiger partial charge in [0, 0.05) is 23.7 Å². The first-order chi connectivity index (χ1) is 10.2. The zero-order valence-corrected chi connectivity index (χ0v) is 14.7. The maximum atomic E-state index is 5.41. The van der Waals surface area contributed by atoms with Gasteiger partial charge in [0.1, 0.15) is 0 Å². The molecular weight excluding hydrogens is 352 g/mol. The van der Waals surface area contributed by atoms with Crippen LogP contribution in [0.15, 0.2) is 17.1 Å². The maximum absolute atomic E-state index is 5.41. The van der Waals surface area contributed by atoms with Crippen molar-refractivity contribution < 1.29 is 9.47 Å². The van der Waals surface area contributed by atoms with Crippen LogP contribution in [-0.4, -0.2) is 48.0 Å². The topological polar surface area (TPSA) is 34.1 Å². The molecule has 1 atom stereocenters. The van der Waals surface area contributed by atoms with E-state index in [0.29, 0.717) is 5.25 Å². The van der Waals surface area contributed by atoms with Crippen molar-refractivity contribution in [2.24, 2.45) is 4.99 Å². The van der Waals surface area contributed by atoms with Gasteiger partial charge in [-0.2, -0.15) is 0 Å². The normalized spacial score (nSPS) is 21.0. The predicted molar refractivity (Wildman–Crippen MR) is 91.1 cm³/mol. The zero-order valence-electron chi connectivity index (χ0n) is 12.3. The number of nitrogens with zero attached hydrogens (tertiary/aromatic N) is 2. The van der Waals surface area contributed by atoms with Crippen molar-refractivity contribution in [3.8, 4) is 11.5 Å². The molecule has 114 valence electrons. The number of rotatable bonds is 3. The Morgan fingerprint density at radius 1 is 1.29 bits per heavy atom. The number of hydrogen-bond donors (Lipinski definition) is 0. The first kappa shape index (κ1) is 15.0. The number of thioether (sulfide) groups is 1. The Morgan fingerprint density at radius 3 is 2.62 bits per heavy atom. The molecule has 0 aliphatic carbocycles. The molecule has 0 fully saturated rings. The summed E-state index contributed by atoms with van der Waals surface area (Å²) in [6, 6.07) is 4.21. The van der Waals surface area contributed by atoms with Gasteiger partial charge in [0.15, 0.2) is 16.7 Å². The van der Waals surface area contributed by atoms with Gasteiger partial charge in [0.05, 0.1) is 20.8 Å². The fourth-order valence-electron chi connectivity index (χ4n) is 2.70. The smallest absolute Gasteiger partial charge is 0.161 e. The van der Waals surface area contributed by atoms with Gasteiger partial charge in [-0.05, 0) is 29.7 Å². The summed E-state index contributed by atoms with van der Waals surface area (Å²) in [4.78, 5) is 7.06. The van der Waals surface area contributed by atoms with Crippen molar-refractivity contribution in [1.29, 1.82) is 0 Å². The van der Waals surface area contributed by atoms with Gasteiger partial charge in [-0.1, -0.05) is 27.7 Å². The number of ether oxygens (including phenoxy) is 2. The molecule has 0 bridgehead atoms. The Kier molecular flexibility index (Phi) is 4.64. The van der Waals surface area contributed by atoms with Gasteiger partial charge in [-0.3, -0.25) is 4.99 Å². The minimum atomic E-state index is 0.576. The van der Waals surface area contributed by atoms with E-state index in [4.69, 9.17) is 9.47 Å². The van der Waals surface area contributed by atoms with Gasteiger partial charge in [0.2, 0.25) is 0 Å². The van der Waals surface area contributed by atoms with Gasteiger partial charge < -0.3 is 14.4 Å². The lowest BCUT2D eigenvalue weighted by Gasteiger charge is -2.30. The van der Waals surface area contributed by atoms with E-state index in [0.717, 1.165) is 42.9 Å². The predicted octanol–water partition coefficient (Wildman–Crippen LogP) is 2.93. The quantitative estimate of drug-likeness (QED) is 0.766. The maximum Gasteiger partial charge on any atom is 0.161 e. The van der Waals surface area contributed by atoms with Gasteiger partial charge >= 0.3 is 0 Å². The lowest BCUT2D eigenvalue weighted by molar-refractivity contribution is 0.348. The van der Waals surface area contributed by atoms with Crippen molar-refractivity contribution in [3.05, 3.63) is 23.3 Å². The average Bonchev–Trinajstić information content (AvgIpc) is 3.02. The van der Waals surface area contributed by atoms with E-state index >= 15 is 0 Å². The fourth-order valence-corrected chi connectivity index (χ4v) is 4.27. The van der Waals surface area contributed by atoms with Gasteiger partial charge in [-0.25, -0.2) is 0 Å². The lowest BCUT2D eigenvalue weighted by atomic mass is 9.99. The summed E-state index contributed by atoms with van der Waals surface area (Å²) in [6.07, 6.45) is 1.02. The van der Waals surface area contributed by atoms with Crippen LogP contribution < -0.4 is 9.47 Å². The van der Waals surface area contributed by atoms with Crippen LogP contribution in [0.1, 0.15) is 11.1 Å². The monoisotopic (exact) mass is 370 g/mol. The highest BCUT2D eigenvalue weighted by molar-refractivity contribution is 9.09. The number of benzene rings is 1. The molecule has 1 aromatic carbocycles. The highest BCUT2D eigenvalue weighted by Gasteiger charge is 2.26. The molecule has 2 aliphatic rings. The highest BCUT2D eigenvalue weighted by atomic mass is 79.9. The van der Waals surface area contributed by atoms with Crippen molar-refractivity contribution in [3.63, 3.8) is 0 Å². The number of methoxy groups -OCH3 is 2. The molecule has 0 aromatic heterocycles. The second-order valence-corrected chi connectivity index (χ2v) is 7.08. The van der Waals surface area contributed by atoms with Crippen LogP contribution in [0.5, 0.6) is 11.5 Å². The van der Waals surface area contributed by atoms with Crippen molar-refractivity contribution in [1.82, 2.24) is 4.90 Å². The number of hydrogen-bond acceptors (Lipinski definition) is 5. The van der Waals surface area contributed by atoms with Gasteiger partial charge in [-0.15, -0.1) is 0 Å². The van der Waals surface area contributed by atoms with E-state index in [1.54, 1.807) is 14.2 Å². The van der Waals surface area contributed by atoms with Gasteiger partial charge in [0.25, 0.3) is 0 Å². The van der Waals surface area contributed by atoms with E-state index in [9.17, 15) is 0 Å². The summed E-state index contributed by atoms with van der Waals surface area (Å²) in [6.45, 7) is 2.83. The molecule has 2 heterocycles. The Hall–Kier alpha value is -0.880. The average molecular weight is 371 g/mol. The Morgan fingerprint density at radius 2 is 2.00 bits per heavy atom. The summed E-state index contributed by atoms with van der Waals surface area (Å²) in [5, 5.41) is 2.76. The molecule has 21 heavy (non-hydrogen) atoms. The summed E-state index contributed by atoms with van der Waals surface area (Å²) >= 11 is 5.43. The second-order valence-electron chi connectivity index (χ2n) is 5.16. The first-order valence-corrected chi connectivity index (χ1v) is 9.01.